The number of rotatable bonds is 8. The van der Waals surface area contributed by atoms with E-state index in [1.165, 1.54) is 12.1 Å². The van der Waals surface area contributed by atoms with Gasteiger partial charge in [-0.1, -0.05) is 17.7 Å². The highest BCUT2D eigenvalue weighted by Crippen LogP contribution is 2.41. The number of piperidine rings is 1. The molecule has 0 spiro atoms. The molecule has 15 heteroatoms. The third-order valence-electron chi connectivity index (χ3n) is 5.24. The van der Waals surface area contributed by atoms with E-state index in [1.54, 1.807) is 0 Å². The number of hydrogen-bond acceptors (Lipinski definition) is 7. The van der Waals surface area contributed by atoms with Crippen molar-refractivity contribution in [3.8, 4) is 0 Å². The molecule has 1 aromatic heterocycles. The van der Waals surface area contributed by atoms with Gasteiger partial charge in [-0.05, 0) is 37.1 Å². The number of anilines is 1. The van der Waals surface area contributed by atoms with Gasteiger partial charge in [-0.15, -0.1) is 11.3 Å². The molecule has 1 aromatic carbocycles. The Balaban J connectivity index is 1.94. The van der Waals surface area contributed by atoms with Gasteiger partial charge in [0.25, 0.3) is 5.91 Å². The number of nitrogens with one attached hydrogen (secondary N) is 2. The largest absolute Gasteiger partial charge is 0.468 e. The minimum absolute atomic E-state index is 0.00238. The van der Waals surface area contributed by atoms with E-state index >= 15 is 0 Å². The second-order valence-corrected chi connectivity index (χ2v) is 11.1. The van der Waals surface area contributed by atoms with Crippen LogP contribution in [0.2, 0.25) is 4.34 Å². The molecule has 0 saturated carbocycles. The fourth-order valence-electron chi connectivity index (χ4n) is 3.60. The van der Waals surface area contributed by atoms with Crippen molar-refractivity contribution in [2.75, 3.05) is 25.1 Å². The summed E-state index contributed by atoms with van der Waals surface area (Å²) in [5.41, 5.74) is -2.12. The third-order valence-corrected chi connectivity index (χ3v) is 7.98. The van der Waals surface area contributed by atoms with Crippen LogP contribution in [0.4, 0.5) is 18.9 Å². The highest BCUT2D eigenvalue weighted by Gasteiger charge is 2.43. The number of carbonyl (C=O) groups excluding carboxylic acids is 3. The number of nitrogens with zero attached hydrogens (tertiary/aromatic N) is 1. The smallest absolute Gasteiger partial charge is 0.419 e. The summed E-state index contributed by atoms with van der Waals surface area (Å²) in [6.07, 6.45) is -4.14. The zero-order valence-corrected chi connectivity index (χ0v) is 21.1. The molecule has 36 heavy (non-hydrogen) atoms. The number of amides is 2. The zero-order valence-electron chi connectivity index (χ0n) is 18.7. The third kappa shape index (κ3) is 6.35. The van der Waals surface area contributed by atoms with Crippen LogP contribution in [0.1, 0.15) is 34.5 Å². The Kier molecular flexibility index (Phi) is 8.64. The van der Waals surface area contributed by atoms with Crippen LogP contribution in [0.5, 0.6) is 0 Å². The van der Waals surface area contributed by atoms with E-state index in [0.717, 1.165) is 41.5 Å². The minimum atomic E-state index is -5.15. The fourth-order valence-corrected chi connectivity index (χ4v) is 5.99. The molecule has 2 heterocycles. The molecule has 2 N–H and O–H groups in total. The van der Waals surface area contributed by atoms with Gasteiger partial charge in [0, 0.05) is 19.5 Å². The molecule has 2 aromatic rings. The summed E-state index contributed by atoms with van der Waals surface area (Å²) < 4.78 is 75.4. The van der Waals surface area contributed by atoms with E-state index in [-0.39, 0.29) is 17.8 Å². The van der Waals surface area contributed by atoms with Crippen LogP contribution < -0.4 is 14.9 Å². The normalized spacial score (nSPS) is 15.5. The number of esters is 1. The highest BCUT2D eigenvalue weighted by molar-refractivity contribution is 7.89. The maximum atomic E-state index is 14.1. The summed E-state index contributed by atoms with van der Waals surface area (Å²) in [4.78, 5) is 36.7. The van der Waals surface area contributed by atoms with Crippen molar-refractivity contribution in [1.29, 1.82) is 0 Å². The maximum Gasteiger partial charge on any atom is 0.419 e. The summed E-state index contributed by atoms with van der Waals surface area (Å²) in [5.74, 6) is -2.38. The molecular weight excluding hydrogens is 547 g/mol. The Morgan fingerprint density at radius 3 is 2.53 bits per heavy atom. The molecule has 1 aliphatic heterocycles. The standard InChI is InChI=1S/C21H21ClF3N3O6S2/c1-34-20(31)12(11-26-19(30)14-8-9-16(22)35-14)27-36(32,33)15-6-4-5-13(18(15)21(23,24)25)28-10-3-2-7-17(28)29/h4-6,8-9,12,27H,2-3,7,10-11H2,1H3,(H,26,30)/t12-/m0/s1. The lowest BCUT2D eigenvalue weighted by molar-refractivity contribution is -0.142. The number of alkyl halides is 3. The van der Waals surface area contributed by atoms with Crippen LogP contribution in [-0.4, -0.2) is 52.4 Å². The summed E-state index contributed by atoms with van der Waals surface area (Å²) in [5, 5.41) is 2.33. The Morgan fingerprint density at radius 1 is 1.22 bits per heavy atom. The molecule has 0 aliphatic carbocycles. The highest BCUT2D eigenvalue weighted by atomic mass is 35.5. The Labute approximate surface area is 213 Å². The zero-order chi connectivity index (χ0) is 26.7. The van der Waals surface area contributed by atoms with Crippen molar-refractivity contribution < 1.29 is 40.7 Å². The van der Waals surface area contributed by atoms with E-state index in [9.17, 15) is 36.0 Å². The molecule has 0 unspecified atom stereocenters. The molecule has 1 fully saturated rings. The van der Waals surface area contributed by atoms with Gasteiger partial charge >= 0.3 is 12.1 Å². The van der Waals surface area contributed by atoms with E-state index < -0.39 is 62.7 Å². The van der Waals surface area contributed by atoms with Gasteiger partial charge in [-0.3, -0.25) is 14.4 Å². The van der Waals surface area contributed by atoms with E-state index in [1.807, 2.05) is 4.72 Å². The topological polar surface area (TPSA) is 122 Å². The molecule has 1 atom stereocenters. The minimum Gasteiger partial charge on any atom is -0.468 e. The number of benzene rings is 1. The molecule has 196 valence electrons. The number of hydrogen-bond donors (Lipinski definition) is 2. The van der Waals surface area contributed by atoms with Crippen molar-refractivity contribution in [3.63, 3.8) is 0 Å². The molecule has 0 bridgehead atoms. The van der Waals surface area contributed by atoms with Crippen molar-refractivity contribution >= 4 is 56.4 Å². The predicted molar refractivity (Wildman–Crippen MR) is 125 cm³/mol. The number of thiophene rings is 1. The fraction of sp³-hybridized carbons (Fsp3) is 0.381. The Hall–Kier alpha value is -2.68. The van der Waals surface area contributed by atoms with Gasteiger partial charge in [0.05, 0.1) is 32.5 Å². The summed E-state index contributed by atoms with van der Waals surface area (Å²) in [7, 11) is -4.04. The van der Waals surface area contributed by atoms with Gasteiger partial charge in [-0.2, -0.15) is 17.9 Å². The van der Waals surface area contributed by atoms with Crippen LogP contribution in [0, 0.1) is 0 Å². The van der Waals surface area contributed by atoms with Gasteiger partial charge in [0.2, 0.25) is 15.9 Å². The number of carbonyl (C=O) groups is 3. The molecule has 0 radical (unpaired) electrons. The van der Waals surface area contributed by atoms with Gasteiger partial charge < -0.3 is 15.0 Å². The first-order chi connectivity index (χ1) is 16.8. The van der Waals surface area contributed by atoms with Crippen LogP contribution in [0.25, 0.3) is 0 Å². The summed E-state index contributed by atoms with van der Waals surface area (Å²) in [6, 6.07) is 3.94. The van der Waals surface area contributed by atoms with Gasteiger partial charge in [0.15, 0.2) is 0 Å². The van der Waals surface area contributed by atoms with E-state index in [2.05, 4.69) is 10.1 Å². The molecule has 2 amide bonds. The summed E-state index contributed by atoms with van der Waals surface area (Å²) in [6.45, 7) is -0.617. The predicted octanol–water partition coefficient (Wildman–Crippen LogP) is 3.19. The van der Waals surface area contributed by atoms with Crippen molar-refractivity contribution in [2.45, 2.75) is 36.4 Å². The van der Waals surface area contributed by atoms with Gasteiger partial charge in [-0.25, -0.2) is 8.42 Å². The number of sulfonamides is 1. The number of halogens is 4. The Morgan fingerprint density at radius 2 is 1.94 bits per heavy atom. The van der Waals surface area contributed by atoms with Crippen LogP contribution >= 0.6 is 22.9 Å². The molecule has 3 rings (SSSR count). The van der Waals surface area contributed by atoms with Crippen LogP contribution in [0.3, 0.4) is 0 Å². The van der Waals surface area contributed by atoms with Crippen LogP contribution in [-0.2, 0) is 30.5 Å². The van der Waals surface area contributed by atoms with Gasteiger partial charge in [0.1, 0.15) is 6.04 Å². The first-order valence-corrected chi connectivity index (χ1v) is 13.2. The first-order valence-electron chi connectivity index (χ1n) is 10.5. The SMILES string of the molecule is COC(=O)[C@H](CNC(=O)c1ccc(Cl)s1)NS(=O)(=O)c1cccc(N2CCCCC2=O)c1C(F)(F)F. The van der Waals surface area contributed by atoms with Crippen molar-refractivity contribution in [2.24, 2.45) is 0 Å². The second kappa shape index (κ2) is 11.2. The first kappa shape index (κ1) is 27.9. The average molecular weight is 568 g/mol. The Bertz CT molecular complexity index is 1270. The maximum absolute atomic E-state index is 14.1. The van der Waals surface area contributed by atoms with Crippen molar-refractivity contribution in [1.82, 2.24) is 10.0 Å². The number of methoxy groups -OCH3 is 1. The lowest BCUT2D eigenvalue weighted by Gasteiger charge is -2.30. The summed E-state index contributed by atoms with van der Waals surface area (Å²) >= 11 is 6.71. The average Bonchev–Trinajstić information content (AvgIpc) is 3.26. The van der Waals surface area contributed by atoms with Crippen LogP contribution in [0.15, 0.2) is 35.2 Å². The monoisotopic (exact) mass is 567 g/mol. The lowest BCUT2D eigenvalue weighted by Crippen LogP contribution is -2.49. The van der Waals surface area contributed by atoms with E-state index in [4.69, 9.17) is 11.6 Å². The van der Waals surface area contributed by atoms with E-state index in [0.29, 0.717) is 17.2 Å². The van der Waals surface area contributed by atoms with Crippen molar-refractivity contribution in [3.05, 3.63) is 45.1 Å². The quantitative estimate of drug-likeness (QED) is 0.473. The molecular formula is C21H21ClF3N3O6S2. The molecule has 1 aliphatic rings. The second-order valence-electron chi connectivity index (χ2n) is 7.66. The lowest BCUT2D eigenvalue weighted by atomic mass is 10.1. The number of ether oxygens (including phenoxy) is 1. The molecule has 9 nitrogen and oxygen atoms in total. The molecule has 1 saturated heterocycles.